The quantitative estimate of drug-likeness (QED) is 0.806. The van der Waals surface area contributed by atoms with E-state index >= 15 is 0 Å². The molecule has 0 radical (unpaired) electrons. The van der Waals surface area contributed by atoms with Gasteiger partial charge in [0, 0.05) is 12.5 Å². The number of ether oxygens (including phenoxy) is 2. The van der Waals surface area contributed by atoms with Gasteiger partial charge >= 0.3 is 0 Å². The van der Waals surface area contributed by atoms with Crippen LogP contribution in [0.3, 0.4) is 0 Å². The van der Waals surface area contributed by atoms with Crippen LogP contribution in [0.2, 0.25) is 0 Å². The molecule has 2 N–H and O–H groups in total. The summed E-state index contributed by atoms with van der Waals surface area (Å²) in [6.45, 7) is 7.44. The lowest BCUT2D eigenvalue weighted by Crippen LogP contribution is -2.48. The molecule has 0 saturated heterocycles. The fourth-order valence-corrected chi connectivity index (χ4v) is 4.97. The number of rotatable bonds is 1. The van der Waals surface area contributed by atoms with E-state index in [2.05, 4.69) is 16.8 Å². The highest BCUT2D eigenvalue weighted by Crippen LogP contribution is 2.62. The summed E-state index contributed by atoms with van der Waals surface area (Å²) in [4.78, 5) is 8.13. The molecule has 3 aliphatic rings. The number of nitrogens with zero attached hydrogens (tertiary/aromatic N) is 2. The van der Waals surface area contributed by atoms with Gasteiger partial charge in [0.05, 0.1) is 15.4 Å². The standard InChI is InChI=1S/C19H23N3O2/c1-12-9-18(7-6-16(12)23-3)10-13-4-5-14(21-2)8-15(13)19(18)11-24-17(20)22-19/h4-5,8,12,16H,6-7,9-11H2,1,3H3,(H2,20,22)/t12-,16-,18-,19-/m0/s1/i11D2. The lowest BCUT2D eigenvalue weighted by Gasteiger charge is -2.48. The molecule has 24 heavy (non-hydrogen) atoms. The fraction of sp³-hybridized carbons (Fsp3) is 0.579. The predicted molar refractivity (Wildman–Crippen MR) is 91.9 cm³/mol. The normalized spacial score (nSPS) is 40.5. The minimum atomic E-state index is -2.05. The molecular weight excluding hydrogens is 302 g/mol. The smallest absolute Gasteiger partial charge is 0.283 e. The van der Waals surface area contributed by atoms with Crippen LogP contribution in [0.1, 0.15) is 40.1 Å². The fourth-order valence-electron chi connectivity index (χ4n) is 4.97. The third-order valence-electron chi connectivity index (χ3n) is 6.05. The highest BCUT2D eigenvalue weighted by molar-refractivity contribution is 5.75. The summed E-state index contributed by atoms with van der Waals surface area (Å²) in [5.74, 6) is 0.271. The Balaban J connectivity index is 1.93. The number of aliphatic imine (C=N–C) groups is 1. The average Bonchev–Trinajstić information content (AvgIpc) is 2.99. The monoisotopic (exact) mass is 327 g/mol. The van der Waals surface area contributed by atoms with E-state index in [0.717, 1.165) is 30.4 Å². The maximum absolute atomic E-state index is 8.68. The SMILES string of the molecule is [2H]C1([2H])OC(N)=N[C@]12c1cc([N+]#[C-])ccc1C[C@@]21CC[C@H](OC)[C@@H](C)C1. The molecular formula is C19H23N3O2. The minimum absolute atomic E-state index is 0.114. The van der Waals surface area contributed by atoms with Gasteiger partial charge in [-0.15, -0.1) is 0 Å². The molecule has 4 atom stereocenters. The van der Waals surface area contributed by atoms with Crippen LogP contribution in [-0.2, 0) is 21.4 Å². The molecule has 1 heterocycles. The molecule has 5 heteroatoms. The minimum Gasteiger partial charge on any atom is -0.462 e. The lowest BCUT2D eigenvalue weighted by molar-refractivity contribution is -0.0445. The van der Waals surface area contributed by atoms with E-state index in [-0.39, 0.29) is 18.0 Å². The summed E-state index contributed by atoms with van der Waals surface area (Å²) in [5, 5.41) is 0. The Morgan fingerprint density at radius 2 is 2.38 bits per heavy atom. The van der Waals surface area contributed by atoms with Gasteiger partial charge in [-0.3, -0.25) is 0 Å². The second-order valence-corrected chi connectivity index (χ2v) is 7.27. The molecule has 4 rings (SSSR count). The molecule has 1 aromatic rings. The Morgan fingerprint density at radius 1 is 1.54 bits per heavy atom. The molecule has 0 bridgehead atoms. The van der Waals surface area contributed by atoms with Crippen LogP contribution in [-0.4, -0.2) is 25.8 Å². The van der Waals surface area contributed by atoms with Crippen LogP contribution in [0, 0.1) is 17.9 Å². The molecule has 0 aromatic heterocycles. The van der Waals surface area contributed by atoms with Crippen LogP contribution < -0.4 is 5.73 Å². The van der Waals surface area contributed by atoms with Crippen molar-refractivity contribution in [1.82, 2.24) is 0 Å². The lowest BCUT2D eigenvalue weighted by atomic mass is 9.59. The first-order valence-electron chi connectivity index (χ1n) is 9.36. The molecule has 1 saturated carbocycles. The third-order valence-corrected chi connectivity index (χ3v) is 6.05. The zero-order valence-corrected chi connectivity index (χ0v) is 14.0. The van der Waals surface area contributed by atoms with E-state index in [9.17, 15) is 0 Å². The number of hydrogen-bond donors (Lipinski definition) is 1. The number of benzene rings is 1. The summed E-state index contributed by atoms with van der Waals surface area (Å²) >= 11 is 0. The molecule has 2 spiro atoms. The van der Waals surface area contributed by atoms with Crippen molar-refractivity contribution in [1.29, 1.82) is 0 Å². The molecule has 1 fully saturated rings. The van der Waals surface area contributed by atoms with E-state index in [0.29, 0.717) is 12.1 Å². The number of nitrogens with two attached hydrogens (primary N) is 1. The first-order valence-corrected chi connectivity index (χ1v) is 8.36. The first-order chi connectivity index (χ1) is 12.3. The van der Waals surface area contributed by atoms with Crippen LogP contribution in [0.15, 0.2) is 23.2 Å². The number of methoxy groups -OCH3 is 1. The van der Waals surface area contributed by atoms with Gasteiger partial charge in [-0.25, -0.2) is 9.84 Å². The van der Waals surface area contributed by atoms with Gasteiger partial charge in [0.25, 0.3) is 6.02 Å². The van der Waals surface area contributed by atoms with Crippen molar-refractivity contribution in [2.75, 3.05) is 13.7 Å². The summed E-state index contributed by atoms with van der Waals surface area (Å²) in [6, 6.07) is 5.39. The van der Waals surface area contributed by atoms with E-state index < -0.39 is 17.5 Å². The summed E-state index contributed by atoms with van der Waals surface area (Å²) in [5.41, 5.74) is 6.49. The van der Waals surface area contributed by atoms with E-state index in [1.807, 2.05) is 6.07 Å². The van der Waals surface area contributed by atoms with Crippen LogP contribution in [0.25, 0.3) is 4.85 Å². The van der Waals surface area contributed by atoms with E-state index in [4.69, 9.17) is 24.5 Å². The Morgan fingerprint density at radius 3 is 3.00 bits per heavy atom. The van der Waals surface area contributed by atoms with Gasteiger partial charge in [-0.1, -0.05) is 25.1 Å². The summed E-state index contributed by atoms with van der Waals surface area (Å²) in [6.07, 6.45) is 3.26. The van der Waals surface area contributed by atoms with Gasteiger partial charge < -0.3 is 15.2 Å². The van der Waals surface area contributed by atoms with Gasteiger partial charge in [-0.05, 0) is 42.7 Å². The van der Waals surface area contributed by atoms with Crippen molar-refractivity contribution in [2.45, 2.75) is 44.2 Å². The predicted octanol–water partition coefficient (Wildman–Crippen LogP) is 3.16. The maximum atomic E-state index is 8.68. The Hall–Kier alpha value is -2.06. The van der Waals surface area contributed by atoms with E-state index in [1.54, 1.807) is 19.2 Å². The van der Waals surface area contributed by atoms with Crippen molar-refractivity contribution < 1.29 is 12.2 Å². The molecule has 2 aliphatic carbocycles. The molecule has 1 aliphatic heterocycles. The molecule has 0 unspecified atom stereocenters. The Kier molecular flexibility index (Phi) is 2.88. The molecule has 5 nitrogen and oxygen atoms in total. The van der Waals surface area contributed by atoms with Gasteiger partial charge in [0.1, 0.15) is 12.1 Å². The Labute approximate surface area is 145 Å². The second-order valence-electron chi connectivity index (χ2n) is 7.27. The number of hydrogen-bond acceptors (Lipinski definition) is 4. The van der Waals surface area contributed by atoms with Crippen molar-refractivity contribution in [3.05, 3.63) is 40.7 Å². The zero-order chi connectivity index (χ0) is 18.7. The summed E-state index contributed by atoms with van der Waals surface area (Å²) < 4.78 is 28.4. The van der Waals surface area contributed by atoms with Crippen molar-refractivity contribution in [2.24, 2.45) is 22.1 Å². The average molecular weight is 327 g/mol. The second kappa shape index (κ2) is 5.22. The number of fused-ring (bicyclic) bond motifs is 3. The highest BCUT2D eigenvalue weighted by Gasteiger charge is 2.62. The number of amidine groups is 1. The topological polar surface area (TPSA) is 61.2 Å². The van der Waals surface area contributed by atoms with Crippen molar-refractivity contribution in [3.8, 4) is 0 Å². The third kappa shape index (κ3) is 1.93. The first kappa shape index (κ1) is 13.3. The van der Waals surface area contributed by atoms with Crippen LogP contribution >= 0.6 is 0 Å². The van der Waals surface area contributed by atoms with Gasteiger partial charge in [0.2, 0.25) is 0 Å². The Bertz CT molecular complexity index is 835. The summed E-state index contributed by atoms with van der Waals surface area (Å²) in [7, 11) is 1.73. The maximum Gasteiger partial charge on any atom is 0.283 e. The van der Waals surface area contributed by atoms with Crippen molar-refractivity contribution in [3.63, 3.8) is 0 Å². The zero-order valence-electron chi connectivity index (χ0n) is 16.0. The highest BCUT2D eigenvalue weighted by atomic mass is 16.5. The van der Waals surface area contributed by atoms with Crippen molar-refractivity contribution >= 4 is 11.7 Å². The van der Waals surface area contributed by atoms with Crippen LogP contribution in [0.5, 0.6) is 0 Å². The van der Waals surface area contributed by atoms with E-state index in [1.165, 1.54) is 0 Å². The molecule has 1 aromatic carbocycles. The largest absolute Gasteiger partial charge is 0.462 e. The molecule has 0 amide bonds. The van der Waals surface area contributed by atoms with Gasteiger partial charge in [0.15, 0.2) is 5.69 Å². The van der Waals surface area contributed by atoms with Crippen LogP contribution in [0.4, 0.5) is 5.69 Å². The molecule has 126 valence electrons. The van der Waals surface area contributed by atoms with Gasteiger partial charge in [-0.2, -0.15) is 0 Å².